The van der Waals surface area contributed by atoms with Crippen molar-refractivity contribution in [3.8, 4) is 0 Å². The van der Waals surface area contributed by atoms with E-state index in [-0.39, 0.29) is 6.04 Å². The van der Waals surface area contributed by atoms with Gasteiger partial charge in [0.15, 0.2) is 0 Å². The van der Waals surface area contributed by atoms with E-state index in [4.69, 9.17) is 23.2 Å². The summed E-state index contributed by atoms with van der Waals surface area (Å²) in [6, 6.07) is 5.44. The van der Waals surface area contributed by atoms with Crippen molar-refractivity contribution < 1.29 is 13.2 Å². The number of nitrogens with one attached hydrogen (secondary N) is 1. The van der Waals surface area contributed by atoms with E-state index < -0.39 is 16.1 Å². The van der Waals surface area contributed by atoms with Crippen LogP contribution in [0.4, 0.5) is 5.69 Å². The Balaban J connectivity index is 1.82. The second-order valence-corrected chi connectivity index (χ2v) is 9.46. The SMILES string of the molecule is CC(=O)NS(=O)(=O)N1CCN(c2ccc(Cl)c(Cl)c2)[C@H](CN2CCCC2)C1. The first-order valence-electron chi connectivity index (χ1n) is 8.99. The molecule has 1 amide bonds. The summed E-state index contributed by atoms with van der Waals surface area (Å²) in [6.07, 6.45) is 2.32. The summed E-state index contributed by atoms with van der Waals surface area (Å²) < 4.78 is 28.3. The summed E-state index contributed by atoms with van der Waals surface area (Å²) in [6.45, 7) is 5.10. The van der Waals surface area contributed by atoms with E-state index in [9.17, 15) is 13.2 Å². The van der Waals surface area contributed by atoms with Crippen molar-refractivity contribution >= 4 is 45.0 Å². The summed E-state index contributed by atoms with van der Waals surface area (Å²) >= 11 is 12.2. The molecule has 0 radical (unpaired) electrons. The van der Waals surface area contributed by atoms with Gasteiger partial charge < -0.3 is 9.80 Å². The molecule has 0 saturated carbocycles. The molecule has 0 unspecified atom stereocenters. The number of likely N-dealkylation sites (tertiary alicyclic amines) is 1. The topological polar surface area (TPSA) is 73.0 Å². The highest BCUT2D eigenvalue weighted by Crippen LogP contribution is 2.30. The predicted molar refractivity (Wildman–Crippen MR) is 108 cm³/mol. The van der Waals surface area contributed by atoms with Crippen LogP contribution in [0.2, 0.25) is 10.0 Å². The molecule has 2 heterocycles. The summed E-state index contributed by atoms with van der Waals surface area (Å²) in [4.78, 5) is 15.8. The molecule has 0 aromatic heterocycles. The lowest BCUT2D eigenvalue weighted by Crippen LogP contribution is -2.60. The molecule has 2 fully saturated rings. The Hall–Kier alpha value is -1.06. The Morgan fingerprint density at radius 3 is 2.48 bits per heavy atom. The number of piperazine rings is 1. The molecule has 10 heteroatoms. The van der Waals surface area contributed by atoms with Gasteiger partial charge in [0, 0.05) is 38.8 Å². The first kappa shape index (κ1) is 20.7. The number of rotatable bonds is 5. The highest BCUT2D eigenvalue weighted by Gasteiger charge is 2.35. The number of hydrogen-bond donors (Lipinski definition) is 1. The van der Waals surface area contributed by atoms with E-state index >= 15 is 0 Å². The third-order valence-electron chi connectivity index (χ3n) is 4.96. The molecule has 1 atom stereocenters. The van der Waals surface area contributed by atoms with E-state index in [0.717, 1.165) is 38.2 Å². The number of carbonyl (C=O) groups excluding carboxylic acids is 1. The molecule has 3 rings (SSSR count). The Labute approximate surface area is 170 Å². The van der Waals surface area contributed by atoms with Crippen molar-refractivity contribution in [1.29, 1.82) is 0 Å². The Morgan fingerprint density at radius 1 is 1.15 bits per heavy atom. The van der Waals surface area contributed by atoms with Crippen LogP contribution >= 0.6 is 23.2 Å². The number of amides is 1. The van der Waals surface area contributed by atoms with Crippen molar-refractivity contribution in [2.45, 2.75) is 25.8 Å². The molecule has 7 nitrogen and oxygen atoms in total. The number of hydrogen-bond acceptors (Lipinski definition) is 5. The standard InChI is InChI=1S/C17H24Cl2N4O3S/c1-13(24)20-27(25,26)22-8-9-23(14-4-5-16(18)17(19)10-14)15(12-22)11-21-6-2-3-7-21/h4-5,10,15H,2-3,6-9,11-12H2,1H3,(H,20,24)/t15-/m1/s1. The number of nitrogens with zero attached hydrogens (tertiary/aromatic N) is 3. The predicted octanol–water partition coefficient (Wildman–Crippen LogP) is 1.96. The lowest BCUT2D eigenvalue weighted by atomic mass is 10.1. The zero-order chi connectivity index (χ0) is 19.6. The van der Waals surface area contributed by atoms with Gasteiger partial charge in [-0.1, -0.05) is 23.2 Å². The van der Waals surface area contributed by atoms with Crippen LogP contribution in [0.5, 0.6) is 0 Å². The zero-order valence-electron chi connectivity index (χ0n) is 15.2. The van der Waals surface area contributed by atoms with Gasteiger partial charge in [0.2, 0.25) is 5.91 Å². The van der Waals surface area contributed by atoms with Crippen LogP contribution in [0, 0.1) is 0 Å². The second-order valence-electron chi connectivity index (χ2n) is 6.97. The monoisotopic (exact) mass is 434 g/mol. The lowest BCUT2D eigenvalue weighted by Gasteiger charge is -2.43. The summed E-state index contributed by atoms with van der Waals surface area (Å²) in [5, 5.41) is 0.964. The molecule has 0 aliphatic carbocycles. The summed E-state index contributed by atoms with van der Waals surface area (Å²) in [7, 11) is -3.83. The van der Waals surface area contributed by atoms with Gasteiger partial charge in [-0.25, -0.2) is 4.72 Å². The average molecular weight is 435 g/mol. The molecular weight excluding hydrogens is 411 g/mol. The molecule has 2 aliphatic heterocycles. The molecule has 2 aliphatic rings. The van der Waals surface area contributed by atoms with Gasteiger partial charge in [-0.3, -0.25) is 4.79 Å². The van der Waals surface area contributed by atoms with Crippen LogP contribution in [0.3, 0.4) is 0 Å². The molecule has 1 aromatic rings. The molecular formula is C17H24Cl2N4O3S. The van der Waals surface area contributed by atoms with Gasteiger partial charge >= 0.3 is 10.2 Å². The Morgan fingerprint density at radius 2 is 1.85 bits per heavy atom. The van der Waals surface area contributed by atoms with E-state index in [2.05, 4.69) is 14.5 Å². The fourth-order valence-corrected chi connectivity index (χ4v) is 5.19. The zero-order valence-corrected chi connectivity index (χ0v) is 17.5. The van der Waals surface area contributed by atoms with E-state index in [1.54, 1.807) is 6.07 Å². The maximum Gasteiger partial charge on any atom is 0.303 e. The number of carbonyl (C=O) groups is 1. The quantitative estimate of drug-likeness (QED) is 0.766. The molecule has 150 valence electrons. The summed E-state index contributed by atoms with van der Waals surface area (Å²) in [5.41, 5.74) is 0.921. The number of anilines is 1. The van der Waals surface area contributed by atoms with Gasteiger partial charge in [-0.15, -0.1) is 0 Å². The second kappa shape index (κ2) is 8.53. The first-order valence-corrected chi connectivity index (χ1v) is 11.2. The molecule has 1 aromatic carbocycles. The minimum absolute atomic E-state index is 0.0439. The lowest BCUT2D eigenvalue weighted by molar-refractivity contribution is -0.117. The normalized spacial score (nSPS) is 22.2. The van der Waals surface area contributed by atoms with E-state index in [1.165, 1.54) is 11.2 Å². The fraction of sp³-hybridized carbons (Fsp3) is 0.588. The molecule has 0 spiro atoms. The van der Waals surface area contributed by atoms with E-state index in [1.807, 2.05) is 12.1 Å². The van der Waals surface area contributed by atoms with Crippen molar-refractivity contribution in [1.82, 2.24) is 13.9 Å². The summed E-state index contributed by atoms with van der Waals surface area (Å²) in [5.74, 6) is -0.585. The first-order chi connectivity index (χ1) is 12.8. The molecule has 0 bridgehead atoms. The van der Waals surface area contributed by atoms with Crippen molar-refractivity contribution in [3.63, 3.8) is 0 Å². The van der Waals surface area contributed by atoms with Gasteiger partial charge in [-0.2, -0.15) is 12.7 Å². The van der Waals surface area contributed by atoms with Crippen LogP contribution in [0.25, 0.3) is 0 Å². The smallest absolute Gasteiger partial charge is 0.303 e. The third-order valence-corrected chi connectivity index (χ3v) is 7.26. The van der Waals surface area contributed by atoms with Crippen LogP contribution in [-0.2, 0) is 15.0 Å². The van der Waals surface area contributed by atoms with Crippen LogP contribution in [0.1, 0.15) is 19.8 Å². The van der Waals surface area contributed by atoms with Crippen LogP contribution in [-0.4, -0.2) is 68.8 Å². The Bertz CT molecular complexity index is 799. The third kappa shape index (κ3) is 5.06. The van der Waals surface area contributed by atoms with Gasteiger partial charge in [0.05, 0.1) is 16.1 Å². The van der Waals surface area contributed by atoms with Gasteiger partial charge in [0.25, 0.3) is 0 Å². The minimum atomic E-state index is -3.83. The van der Waals surface area contributed by atoms with Crippen molar-refractivity contribution in [2.75, 3.05) is 44.2 Å². The van der Waals surface area contributed by atoms with Gasteiger partial charge in [-0.05, 0) is 44.1 Å². The van der Waals surface area contributed by atoms with Crippen LogP contribution < -0.4 is 9.62 Å². The largest absolute Gasteiger partial charge is 0.365 e. The molecule has 27 heavy (non-hydrogen) atoms. The number of halogens is 2. The fourth-order valence-electron chi connectivity index (χ4n) is 3.71. The highest BCUT2D eigenvalue weighted by molar-refractivity contribution is 7.87. The number of benzene rings is 1. The average Bonchev–Trinajstić information content (AvgIpc) is 3.09. The minimum Gasteiger partial charge on any atom is -0.365 e. The van der Waals surface area contributed by atoms with E-state index in [0.29, 0.717) is 29.7 Å². The van der Waals surface area contributed by atoms with Gasteiger partial charge in [0.1, 0.15) is 0 Å². The Kier molecular flexibility index (Phi) is 6.53. The molecule has 1 N–H and O–H groups in total. The van der Waals surface area contributed by atoms with Crippen molar-refractivity contribution in [3.05, 3.63) is 28.2 Å². The van der Waals surface area contributed by atoms with Crippen LogP contribution in [0.15, 0.2) is 18.2 Å². The molecule has 2 saturated heterocycles. The maximum absolute atomic E-state index is 12.4. The van der Waals surface area contributed by atoms with Crippen molar-refractivity contribution in [2.24, 2.45) is 0 Å². The highest BCUT2D eigenvalue weighted by atomic mass is 35.5. The maximum atomic E-state index is 12.4.